The summed E-state index contributed by atoms with van der Waals surface area (Å²) in [4.78, 5) is 13.6. The Balaban J connectivity index is 1.23. The number of hydrogen-bond donors (Lipinski definition) is 0. The number of ether oxygens (including phenoxy) is 1. The fraction of sp³-hybridized carbons (Fsp3) is 0.429. The zero-order valence-corrected chi connectivity index (χ0v) is 23.3. The highest BCUT2D eigenvalue weighted by Crippen LogP contribution is 2.69. The first-order valence-electron chi connectivity index (χ1n) is 13.5. The molecule has 3 aliphatic rings. The molecule has 1 aromatic carbocycles. The Morgan fingerprint density at radius 2 is 1.88 bits per heavy atom. The summed E-state index contributed by atoms with van der Waals surface area (Å²) in [5.74, 6) is -0.638. The van der Waals surface area contributed by atoms with Gasteiger partial charge in [-0.1, -0.05) is 19.9 Å². The van der Waals surface area contributed by atoms with E-state index < -0.39 is 32.1 Å². The minimum atomic E-state index is -3.27. The lowest BCUT2D eigenvalue weighted by Crippen LogP contribution is -2.42. The van der Waals surface area contributed by atoms with Crippen LogP contribution >= 0.6 is 0 Å². The molecule has 212 valence electrons. The van der Waals surface area contributed by atoms with Crippen molar-refractivity contribution in [3.05, 3.63) is 77.3 Å². The maximum absolute atomic E-state index is 14.6. The van der Waals surface area contributed by atoms with Gasteiger partial charge in [-0.25, -0.2) is 32.2 Å². The Morgan fingerprint density at radius 3 is 2.61 bits per heavy atom. The molecule has 0 radical (unpaired) electrons. The highest BCUT2D eigenvalue weighted by atomic mass is 32.2. The molecular weight excluding hydrogens is 552 g/mol. The van der Waals surface area contributed by atoms with Crippen LogP contribution in [0.15, 0.2) is 42.9 Å². The molecule has 0 N–H and O–H groups in total. The largest absolute Gasteiger partial charge is 0.379 e. The summed E-state index contributed by atoms with van der Waals surface area (Å²) in [5, 5.41) is 12.9. The van der Waals surface area contributed by atoms with Crippen LogP contribution < -0.4 is 0 Å². The molecule has 0 amide bonds. The first-order valence-corrected chi connectivity index (χ1v) is 15.2. The van der Waals surface area contributed by atoms with Gasteiger partial charge in [-0.3, -0.25) is 0 Å². The Hall–Kier alpha value is -3.71. The lowest BCUT2D eigenvalue weighted by molar-refractivity contribution is 0.0416. The van der Waals surface area contributed by atoms with Gasteiger partial charge in [0.05, 0.1) is 47.0 Å². The number of benzene rings is 1. The van der Waals surface area contributed by atoms with Gasteiger partial charge in [0.1, 0.15) is 23.2 Å². The van der Waals surface area contributed by atoms with E-state index in [1.165, 1.54) is 29.2 Å². The summed E-state index contributed by atoms with van der Waals surface area (Å²) in [7, 11) is -3.27. The Kier molecular flexibility index (Phi) is 5.85. The van der Waals surface area contributed by atoms with Crippen LogP contribution in [0.4, 0.5) is 8.78 Å². The monoisotopic (exact) mass is 579 g/mol. The molecule has 2 aliphatic carbocycles. The highest BCUT2D eigenvalue weighted by molar-refractivity contribution is 7.92. The molecule has 1 saturated heterocycles. The van der Waals surface area contributed by atoms with Crippen molar-refractivity contribution in [2.45, 2.75) is 49.7 Å². The van der Waals surface area contributed by atoms with Gasteiger partial charge in [-0.05, 0) is 54.0 Å². The van der Waals surface area contributed by atoms with E-state index in [-0.39, 0.29) is 48.0 Å². The summed E-state index contributed by atoms with van der Waals surface area (Å²) in [5.41, 5.74) is 1.52. The molecule has 2 atom stereocenters. The lowest BCUT2D eigenvalue weighted by Gasteiger charge is -2.37. The third-order valence-corrected chi connectivity index (χ3v) is 11.2. The minimum Gasteiger partial charge on any atom is -0.379 e. The maximum Gasteiger partial charge on any atom is 0.252 e. The van der Waals surface area contributed by atoms with Crippen LogP contribution in [0, 0.1) is 17.0 Å². The predicted molar refractivity (Wildman–Crippen MR) is 143 cm³/mol. The Bertz CT molecular complexity index is 1770. The van der Waals surface area contributed by atoms with E-state index in [9.17, 15) is 17.2 Å². The van der Waals surface area contributed by atoms with E-state index in [1.54, 1.807) is 12.3 Å². The minimum absolute atomic E-state index is 0.0567. The van der Waals surface area contributed by atoms with Crippen LogP contribution in [0.2, 0.25) is 0 Å². The van der Waals surface area contributed by atoms with Crippen molar-refractivity contribution in [3.8, 4) is 17.2 Å². The van der Waals surface area contributed by atoms with Gasteiger partial charge in [-0.2, -0.15) is 9.78 Å². The first-order chi connectivity index (χ1) is 19.6. The second-order valence-corrected chi connectivity index (χ2v) is 13.9. The fourth-order valence-corrected chi connectivity index (χ4v) is 8.19. The van der Waals surface area contributed by atoms with E-state index in [4.69, 9.17) is 9.72 Å². The average molecular weight is 580 g/mol. The number of nitrogens with zero attached hydrogens (tertiary/aromatic N) is 7. The molecule has 1 aliphatic heterocycles. The van der Waals surface area contributed by atoms with E-state index >= 15 is 0 Å². The Labute approximate surface area is 235 Å². The number of rotatable bonds is 7. The quantitative estimate of drug-likeness (QED) is 0.324. The number of sulfone groups is 1. The van der Waals surface area contributed by atoms with Gasteiger partial charge in [0.25, 0.3) is 5.95 Å². The molecule has 0 unspecified atom stereocenters. The summed E-state index contributed by atoms with van der Waals surface area (Å²) >= 11 is 0. The third-order valence-electron chi connectivity index (χ3n) is 9.15. The van der Waals surface area contributed by atoms with Crippen molar-refractivity contribution in [2.24, 2.45) is 5.41 Å². The molecule has 3 aromatic heterocycles. The molecule has 4 heterocycles. The fourth-order valence-electron chi connectivity index (χ4n) is 6.78. The van der Waals surface area contributed by atoms with Crippen molar-refractivity contribution in [3.63, 3.8) is 0 Å². The van der Waals surface area contributed by atoms with Crippen molar-refractivity contribution in [2.75, 3.05) is 19.0 Å². The third kappa shape index (κ3) is 3.85. The topological polar surface area (TPSA) is 126 Å². The molecule has 1 saturated carbocycles. The molecule has 41 heavy (non-hydrogen) atoms. The molecule has 7 rings (SSSR count). The summed E-state index contributed by atoms with van der Waals surface area (Å²) in [6.07, 6.45) is 4.95. The standard InChI is InChI=1S/C28H27F2N7O3S/c1-27(2)18-6-9-28(27,25-17(18)12-21(34-35-25)24-19(29)4-3-5-20(24)30)22-7-10-31-26(33-22)37-15-32-23(36-37)8-11-41(38,39)16-13-40-14-16/h3-5,7,10,12,15-16,18H,6,8-9,11,13-14H2,1-2H3/t18-,28+/m0/s1. The van der Waals surface area contributed by atoms with Gasteiger partial charge < -0.3 is 4.74 Å². The second kappa shape index (κ2) is 9.15. The van der Waals surface area contributed by atoms with Crippen molar-refractivity contribution < 1.29 is 21.9 Å². The zero-order chi connectivity index (χ0) is 28.6. The average Bonchev–Trinajstić information content (AvgIpc) is 3.54. The van der Waals surface area contributed by atoms with Crippen LogP contribution in [0.3, 0.4) is 0 Å². The van der Waals surface area contributed by atoms with Crippen molar-refractivity contribution >= 4 is 9.84 Å². The van der Waals surface area contributed by atoms with Crippen LogP contribution in [0.1, 0.15) is 55.4 Å². The predicted octanol–water partition coefficient (Wildman–Crippen LogP) is 3.35. The van der Waals surface area contributed by atoms with Gasteiger partial charge in [0.2, 0.25) is 0 Å². The van der Waals surface area contributed by atoms with Gasteiger partial charge in [0.15, 0.2) is 15.7 Å². The smallest absolute Gasteiger partial charge is 0.252 e. The zero-order valence-electron chi connectivity index (χ0n) is 22.5. The molecular formula is C28H27F2N7O3S. The van der Waals surface area contributed by atoms with Crippen molar-refractivity contribution in [1.82, 2.24) is 34.9 Å². The van der Waals surface area contributed by atoms with Crippen LogP contribution in [0.5, 0.6) is 0 Å². The number of fused-ring (bicyclic) bond motifs is 5. The van der Waals surface area contributed by atoms with E-state index in [0.717, 1.165) is 29.8 Å². The van der Waals surface area contributed by atoms with E-state index in [1.807, 2.05) is 6.07 Å². The molecule has 0 spiro atoms. The maximum atomic E-state index is 14.6. The van der Waals surface area contributed by atoms with Crippen LogP contribution in [-0.2, 0) is 26.4 Å². The molecule has 2 bridgehead atoms. The molecule has 2 fully saturated rings. The SMILES string of the molecule is CC1(C)[C@H]2CC[C@@]1(c1ccnc(-n3cnc(CCS(=O)(=O)C4COC4)n3)n1)c1nnc(-c3c(F)cccc3F)cc12. The molecule has 10 nitrogen and oxygen atoms in total. The van der Waals surface area contributed by atoms with E-state index in [0.29, 0.717) is 11.8 Å². The highest BCUT2D eigenvalue weighted by Gasteiger charge is 2.65. The van der Waals surface area contributed by atoms with Gasteiger partial charge in [-0.15, -0.1) is 10.2 Å². The molecule has 4 aromatic rings. The lowest BCUT2D eigenvalue weighted by atomic mass is 9.66. The van der Waals surface area contributed by atoms with Gasteiger partial charge in [0, 0.05) is 12.6 Å². The first kappa shape index (κ1) is 26.2. The van der Waals surface area contributed by atoms with Crippen LogP contribution in [0.25, 0.3) is 17.2 Å². The summed E-state index contributed by atoms with van der Waals surface area (Å²) in [6.45, 7) is 4.80. The van der Waals surface area contributed by atoms with Crippen LogP contribution in [-0.4, -0.2) is 67.6 Å². The Morgan fingerprint density at radius 1 is 1.10 bits per heavy atom. The number of aryl methyl sites for hydroxylation is 1. The van der Waals surface area contributed by atoms with Crippen molar-refractivity contribution in [1.29, 1.82) is 0 Å². The van der Waals surface area contributed by atoms with Gasteiger partial charge >= 0.3 is 0 Å². The second-order valence-electron chi connectivity index (χ2n) is 11.5. The number of aromatic nitrogens is 7. The normalized spacial score (nSPS) is 23.0. The number of hydrogen-bond acceptors (Lipinski definition) is 9. The summed E-state index contributed by atoms with van der Waals surface area (Å²) < 4.78 is 60.4. The number of halogens is 2. The summed E-state index contributed by atoms with van der Waals surface area (Å²) in [6, 6.07) is 7.38. The van der Waals surface area contributed by atoms with E-state index in [2.05, 4.69) is 39.1 Å². The molecule has 13 heteroatoms.